The maximum atomic E-state index is 5.47. The molecule has 0 aromatic carbocycles. The van der Waals surface area contributed by atoms with Gasteiger partial charge in [0.15, 0.2) is 0 Å². The van der Waals surface area contributed by atoms with Crippen LogP contribution in [0, 0.1) is 0 Å². The van der Waals surface area contributed by atoms with Crippen LogP contribution in [0.2, 0.25) is 0 Å². The van der Waals surface area contributed by atoms with Crippen molar-refractivity contribution in [2.24, 2.45) is 5.73 Å². The van der Waals surface area contributed by atoms with Gasteiger partial charge in [-0.25, -0.2) is 0 Å². The van der Waals surface area contributed by atoms with Crippen LogP contribution < -0.4 is 5.73 Å². The zero-order chi connectivity index (χ0) is 8.39. The van der Waals surface area contributed by atoms with Crippen LogP contribution in [-0.4, -0.2) is 39.3 Å². The molecular formula is C7H13N5. The molecule has 0 saturated heterocycles. The van der Waals surface area contributed by atoms with Gasteiger partial charge in [-0.05, 0) is 0 Å². The van der Waals surface area contributed by atoms with Gasteiger partial charge in [-0.3, -0.25) is 4.90 Å². The third kappa shape index (κ3) is 1.33. The predicted molar refractivity (Wildman–Crippen MR) is 44.4 cm³/mol. The molecule has 0 aliphatic carbocycles. The SMILES string of the molecule is NCCN1CCn2cnnc2C1. The maximum Gasteiger partial charge on any atom is 0.147 e. The highest BCUT2D eigenvalue weighted by atomic mass is 15.3. The molecule has 12 heavy (non-hydrogen) atoms. The third-order valence-electron chi connectivity index (χ3n) is 2.16. The normalized spacial score (nSPS) is 17.8. The van der Waals surface area contributed by atoms with Crippen molar-refractivity contribution in [3.05, 3.63) is 12.2 Å². The number of rotatable bonds is 2. The van der Waals surface area contributed by atoms with Crippen molar-refractivity contribution in [2.75, 3.05) is 19.6 Å². The molecular weight excluding hydrogens is 154 g/mol. The number of nitrogens with zero attached hydrogens (tertiary/aromatic N) is 4. The Kier molecular flexibility index (Phi) is 2.05. The molecule has 2 N–H and O–H groups in total. The highest BCUT2D eigenvalue weighted by Crippen LogP contribution is 2.07. The van der Waals surface area contributed by atoms with E-state index in [0.717, 1.165) is 32.0 Å². The fourth-order valence-corrected chi connectivity index (χ4v) is 1.49. The molecule has 0 bridgehead atoms. The Morgan fingerprint density at radius 2 is 2.42 bits per heavy atom. The van der Waals surface area contributed by atoms with E-state index in [9.17, 15) is 0 Å². The van der Waals surface area contributed by atoms with Crippen molar-refractivity contribution in [2.45, 2.75) is 13.1 Å². The summed E-state index contributed by atoms with van der Waals surface area (Å²) in [7, 11) is 0. The summed E-state index contributed by atoms with van der Waals surface area (Å²) in [5.41, 5.74) is 5.47. The summed E-state index contributed by atoms with van der Waals surface area (Å²) in [6.45, 7) is 4.60. The largest absolute Gasteiger partial charge is 0.329 e. The molecule has 0 saturated carbocycles. The molecule has 0 atom stereocenters. The first-order valence-corrected chi connectivity index (χ1v) is 4.19. The quantitative estimate of drug-likeness (QED) is 0.617. The van der Waals surface area contributed by atoms with Crippen LogP contribution in [0.4, 0.5) is 0 Å². The Balaban J connectivity index is 2.05. The van der Waals surface area contributed by atoms with Gasteiger partial charge in [-0.2, -0.15) is 0 Å². The van der Waals surface area contributed by atoms with Gasteiger partial charge < -0.3 is 10.3 Å². The van der Waals surface area contributed by atoms with Gasteiger partial charge in [-0.15, -0.1) is 10.2 Å². The molecule has 5 nitrogen and oxygen atoms in total. The fourth-order valence-electron chi connectivity index (χ4n) is 1.49. The van der Waals surface area contributed by atoms with Gasteiger partial charge in [0.25, 0.3) is 0 Å². The Morgan fingerprint density at radius 3 is 3.25 bits per heavy atom. The minimum atomic E-state index is 0.716. The minimum Gasteiger partial charge on any atom is -0.329 e. The van der Waals surface area contributed by atoms with E-state index < -0.39 is 0 Å². The Hall–Kier alpha value is -0.940. The van der Waals surface area contributed by atoms with E-state index in [1.807, 2.05) is 0 Å². The second kappa shape index (κ2) is 3.20. The van der Waals surface area contributed by atoms with Gasteiger partial charge in [-0.1, -0.05) is 0 Å². The van der Waals surface area contributed by atoms with E-state index >= 15 is 0 Å². The topological polar surface area (TPSA) is 60.0 Å². The van der Waals surface area contributed by atoms with Crippen LogP contribution in [0.5, 0.6) is 0 Å². The number of hydrogen-bond donors (Lipinski definition) is 1. The maximum absolute atomic E-state index is 5.47. The average Bonchev–Trinajstić information content (AvgIpc) is 2.51. The van der Waals surface area contributed by atoms with Crippen LogP contribution in [0.25, 0.3) is 0 Å². The number of aromatic nitrogens is 3. The van der Waals surface area contributed by atoms with Gasteiger partial charge in [0.1, 0.15) is 12.2 Å². The monoisotopic (exact) mass is 167 g/mol. The lowest BCUT2D eigenvalue weighted by molar-refractivity contribution is 0.223. The number of nitrogens with two attached hydrogens (primary N) is 1. The summed E-state index contributed by atoms with van der Waals surface area (Å²) in [5.74, 6) is 1.05. The zero-order valence-electron chi connectivity index (χ0n) is 6.98. The first-order valence-electron chi connectivity index (χ1n) is 4.19. The smallest absolute Gasteiger partial charge is 0.147 e. The fraction of sp³-hybridized carbons (Fsp3) is 0.714. The first-order chi connectivity index (χ1) is 5.90. The highest BCUT2D eigenvalue weighted by molar-refractivity contribution is 4.89. The molecule has 0 spiro atoms. The average molecular weight is 167 g/mol. The molecule has 1 aromatic heterocycles. The summed E-state index contributed by atoms with van der Waals surface area (Å²) in [5, 5.41) is 7.87. The van der Waals surface area contributed by atoms with Gasteiger partial charge in [0.2, 0.25) is 0 Å². The lowest BCUT2D eigenvalue weighted by atomic mass is 10.3. The molecule has 1 aliphatic heterocycles. The Bertz CT molecular complexity index is 256. The van der Waals surface area contributed by atoms with Crippen molar-refractivity contribution in [1.82, 2.24) is 19.7 Å². The molecule has 0 radical (unpaired) electrons. The van der Waals surface area contributed by atoms with Crippen LogP contribution in [0.3, 0.4) is 0 Å². The summed E-state index contributed by atoms with van der Waals surface area (Å²) in [4.78, 5) is 2.30. The first kappa shape index (κ1) is 7.70. The van der Waals surface area contributed by atoms with Crippen molar-refractivity contribution < 1.29 is 0 Å². The van der Waals surface area contributed by atoms with Crippen molar-refractivity contribution >= 4 is 0 Å². The molecule has 5 heteroatoms. The zero-order valence-corrected chi connectivity index (χ0v) is 6.98. The van der Waals surface area contributed by atoms with Crippen molar-refractivity contribution in [1.29, 1.82) is 0 Å². The van der Waals surface area contributed by atoms with Crippen LogP contribution >= 0.6 is 0 Å². The highest BCUT2D eigenvalue weighted by Gasteiger charge is 2.15. The van der Waals surface area contributed by atoms with Gasteiger partial charge in [0, 0.05) is 26.2 Å². The summed E-state index contributed by atoms with van der Waals surface area (Å²) in [6.07, 6.45) is 1.79. The standard InChI is InChI=1S/C7H13N5/c8-1-2-11-3-4-12-6-9-10-7(12)5-11/h6H,1-5,8H2. The summed E-state index contributed by atoms with van der Waals surface area (Å²) in [6, 6.07) is 0. The van der Waals surface area contributed by atoms with Gasteiger partial charge in [0.05, 0.1) is 6.54 Å². The van der Waals surface area contributed by atoms with Crippen LogP contribution in [-0.2, 0) is 13.1 Å². The molecule has 1 aromatic rings. The van der Waals surface area contributed by atoms with E-state index in [2.05, 4.69) is 19.7 Å². The third-order valence-corrected chi connectivity index (χ3v) is 2.16. The van der Waals surface area contributed by atoms with Crippen LogP contribution in [0.15, 0.2) is 6.33 Å². The summed E-state index contributed by atoms with van der Waals surface area (Å²) >= 11 is 0. The molecule has 0 fully saturated rings. The minimum absolute atomic E-state index is 0.716. The summed E-state index contributed by atoms with van der Waals surface area (Å²) < 4.78 is 2.09. The molecule has 0 unspecified atom stereocenters. The Labute approximate surface area is 71.2 Å². The molecule has 0 amide bonds. The van der Waals surface area contributed by atoms with Crippen molar-refractivity contribution in [3.63, 3.8) is 0 Å². The lowest BCUT2D eigenvalue weighted by Crippen LogP contribution is -2.36. The molecule has 2 heterocycles. The number of fused-ring (bicyclic) bond motifs is 1. The lowest BCUT2D eigenvalue weighted by Gasteiger charge is -2.25. The van der Waals surface area contributed by atoms with Crippen molar-refractivity contribution in [3.8, 4) is 0 Å². The molecule has 66 valence electrons. The van der Waals surface area contributed by atoms with Crippen LogP contribution in [0.1, 0.15) is 5.82 Å². The van der Waals surface area contributed by atoms with E-state index in [1.165, 1.54) is 0 Å². The molecule has 2 rings (SSSR count). The predicted octanol–water partition coefficient (Wildman–Crippen LogP) is -0.948. The second-order valence-corrected chi connectivity index (χ2v) is 3.01. The Morgan fingerprint density at radius 1 is 1.50 bits per heavy atom. The van der Waals surface area contributed by atoms with E-state index in [1.54, 1.807) is 6.33 Å². The van der Waals surface area contributed by atoms with E-state index in [4.69, 9.17) is 5.73 Å². The van der Waals surface area contributed by atoms with Gasteiger partial charge >= 0.3 is 0 Å². The van der Waals surface area contributed by atoms with E-state index in [0.29, 0.717) is 6.54 Å². The second-order valence-electron chi connectivity index (χ2n) is 3.01. The number of hydrogen-bond acceptors (Lipinski definition) is 4. The van der Waals surface area contributed by atoms with E-state index in [-0.39, 0.29) is 0 Å². The molecule has 1 aliphatic rings.